The molecule has 298 valence electrons. The van der Waals surface area contributed by atoms with Gasteiger partial charge >= 0.3 is 0 Å². The predicted molar refractivity (Wildman–Crippen MR) is 215 cm³/mol. The number of hydrogen-bond donors (Lipinski definition) is 2. The Labute approximate surface area is 332 Å². The standard InChI is InChI=1S/C42H51N11O4/c1-48(2)41(57)35-22-28-23-44-42(47-38(28)53(35)31-5-3-4-6-31)45-36-11-8-32(24-43-36)51-19-17-50(18-20-51)30-13-15-49(16-14-30)25-27-7-9-33-29(21-27)26-52(40(33)56)34-10-12-37(54)46-39(34)55/h7-9,11,21-24,30-31,34H,3-6,10,12-20,25-26H2,1-2H3,(H,46,54,55)(H,43,44,45,47). The highest BCUT2D eigenvalue weighted by Crippen LogP contribution is 2.35. The van der Waals surface area contributed by atoms with Gasteiger partial charge in [-0.1, -0.05) is 25.0 Å². The molecular formula is C42H51N11O4. The summed E-state index contributed by atoms with van der Waals surface area (Å²) in [5.74, 6) is 0.339. The van der Waals surface area contributed by atoms with E-state index in [4.69, 9.17) is 9.97 Å². The third kappa shape index (κ3) is 7.45. The lowest BCUT2D eigenvalue weighted by atomic mass is 10.0. The van der Waals surface area contributed by atoms with Crippen LogP contribution in [-0.2, 0) is 22.7 Å². The zero-order chi connectivity index (χ0) is 39.2. The molecule has 15 heteroatoms. The SMILES string of the molecule is CN(C)C(=O)c1cc2cnc(Nc3ccc(N4CCN(C5CCN(Cc6ccc7c(c6)CN(C6CCC(=O)NC6=O)C7=O)CC5)CC4)cn3)nc2n1C1CCCC1. The van der Waals surface area contributed by atoms with Crippen LogP contribution in [0.5, 0.6) is 0 Å². The Morgan fingerprint density at radius 2 is 1.67 bits per heavy atom. The van der Waals surface area contributed by atoms with Gasteiger partial charge in [0, 0.05) is 89.0 Å². The Balaban J connectivity index is 0.757. The number of carbonyl (C=O) groups is 4. The minimum absolute atomic E-state index is 0.0228. The van der Waals surface area contributed by atoms with Crippen molar-refractivity contribution in [1.82, 2.24) is 44.4 Å². The number of nitrogens with zero attached hydrogens (tertiary/aromatic N) is 9. The zero-order valence-corrected chi connectivity index (χ0v) is 32.8. The third-order valence-corrected chi connectivity index (χ3v) is 12.6. The molecule has 4 amide bonds. The van der Waals surface area contributed by atoms with Crippen LogP contribution in [0.1, 0.15) is 89.4 Å². The number of imide groups is 1. The van der Waals surface area contributed by atoms with Gasteiger partial charge < -0.3 is 24.6 Å². The van der Waals surface area contributed by atoms with Gasteiger partial charge in [0.1, 0.15) is 23.2 Å². The van der Waals surface area contributed by atoms with Crippen molar-refractivity contribution < 1.29 is 19.2 Å². The van der Waals surface area contributed by atoms with Crippen molar-refractivity contribution in [1.29, 1.82) is 0 Å². The summed E-state index contributed by atoms with van der Waals surface area (Å²) in [6, 6.07) is 12.3. The van der Waals surface area contributed by atoms with Gasteiger partial charge in [-0.25, -0.2) is 9.97 Å². The van der Waals surface area contributed by atoms with Crippen molar-refractivity contribution in [3.63, 3.8) is 0 Å². The second-order valence-electron chi connectivity index (χ2n) is 16.5. The molecule has 0 bridgehead atoms. The van der Waals surface area contributed by atoms with Gasteiger partial charge in [-0.3, -0.25) is 34.3 Å². The van der Waals surface area contributed by atoms with E-state index in [0.29, 0.717) is 42.0 Å². The van der Waals surface area contributed by atoms with Gasteiger partial charge in [0.05, 0.1) is 11.9 Å². The normalized spacial score (nSPS) is 21.4. The summed E-state index contributed by atoms with van der Waals surface area (Å²) in [5, 5.41) is 6.54. The molecule has 4 aromatic rings. The van der Waals surface area contributed by atoms with Crippen LogP contribution in [0.4, 0.5) is 17.5 Å². The summed E-state index contributed by atoms with van der Waals surface area (Å²) in [5.41, 5.74) is 5.35. The second-order valence-corrected chi connectivity index (χ2v) is 16.5. The number of aromatic nitrogens is 4. The molecule has 3 saturated heterocycles. The van der Waals surface area contributed by atoms with E-state index in [1.807, 2.05) is 30.5 Å². The van der Waals surface area contributed by atoms with Crippen molar-refractivity contribution in [3.8, 4) is 0 Å². The number of carbonyl (C=O) groups excluding carboxylic acids is 4. The molecule has 1 aliphatic carbocycles. The Bertz CT molecular complexity index is 2180. The highest BCUT2D eigenvalue weighted by molar-refractivity contribution is 6.05. The summed E-state index contributed by atoms with van der Waals surface area (Å²) < 4.78 is 2.12. The molecular weight excluding hydrogens is 723 g/mol. The average Bonchev–Trinajstić information content (AvgIpc) is 3.96. The molecule has 4 fully saturated rings. The Kier molecular flexibility index (Phi) is 10.1. The van der Waals surface area contributed by atoms with Crippen LogP contribution in [-0.4, -0.2) is 128 Å². The molecule has 1 aromatic carbocycles. The molecule has 1 unspecified atom stereocenters. The Morgan fingerprint density at radius 1 is 0.877 bits per heavy atom. The maximum Gasteiger partial charge on any atom is 0.270 e. The quantitative estimate of drug-likeness (QED) is 0.238. The van der Waals surface area contributed by atoms with Crippen molar-refractivity contribution in [2.45, 2.75) is 82.6 Å². The second kappa shape index (κ2) is 15.5. The minimum Gasteiger partial charge on any atom is -0.368 e. The number of rotatable bonds is 9. The van der Waals surface area contributed by atoms with E-state index in [-0.39, 0.29) is 36.1 Å². The zero-order valence-electron chi connectivity index (χ0n) is 32.8. The van der Waals surface area contributed by atoms with Crippen molar-refractivity contribution >= 4 is 52.1 Å². The first-order valence-corrected chi connectivity index (χ1v) is 20.5. The number of fused-ring (bicyclic) bond motifs is 2. The molecule has 15 nitrogen and oxygen atoms in total. The lowest BCUT2D eigenvalue weighted by molar-refractivity contribution is -0.136. The summed E-state index contributed by atoms with van der Waals surface area (Å²) in [7, 11) is 3.57. The summed E-state index contributed by atoms with van der Waals surface area (Å²) in [6.07, 6.45) is 11.0. The fourth-order valence-corrected chi connectivity index (χ4v) is 9.53. The number of hydrogen-bond acceptors (Lipinski definition) is 11. The minimum atomic E-state index is -0.590. The number of amides is 4. The van der Waals surface area contributed by atoms with Gasteiger partial charge in [0.15, 0.2) is 0 Å². The van der Waals surface area contributed by atoms with E-state index in [1.165, 1.54) is 5.56 Å². The molecule has 9 rings (SSSR count). The molecule has 1 atom stereocenters. The highest BCUT2D eigenvalue weighted by Gasteiger charge is 2.39. The van der Waals surface area contributed by atoms with E-state index in [0.717, 1.165) is 107 Å². The number of likely N-dealkylation sites (tertiary alicyclic amines) is 1. The first-order chi connectivity index (χ1) is 27.7. The number of piperazine rings is 1. The first-order valence-electron chi connectivity index (χ1n) is 20.5. The summed E-state index contributed by atoms with van der Waals surface area (Å²) >= 11 is 0. The highest BCUT2D eigenvalue weighted by atomic mass is 16.2. The predicted octanol–water partition coefficient (Wildman–Crippen LogP) is 3.93. The maximum absolute atomic E-state index is 13.1. The average molecular weight is 774 g/mol. The fraction of sp³-hybridized carbons (Fsp3) is 0.500. The molecule has 0 radical (unpaired) electrons. The smallest absolute Gasteiger partial charge is 0.270 e. The lowest BCUT2D eigenvalue weighted by Gasteiger charge is -2.43. The van der Waals surface area contributed by atoms with E-state index in [9.17, 15) is 19.2 Å². The van der Waals surface area contributed by atoms with E-state index in [2.05, 4.69) is 47.0 Å². The van der Waals surface area contributed by atoms with Crippen LogP contribution in [0.3, 0.4) is 0 Å². The molecule has 1 saturated carbocycles. The van der Waals surface area contributed by atoms with Gasteiger partial charge in [0.25, 0.3) is 11.8 Å². The summed E-state index contributed by atoms with van der Waals surface area (Å²) in [6.45, 7) is 7.23. The largest absolute Gasteiger partial charge is 0.368 e. The third-order valence-electron chi connectivity index (χ3n) is 12.6. The Morgan fingerprint density at radius 3 is 2.39 bits per heavy atom. The molecule has 7 heterocycles. The molecule has 3 aromatic heterocycles. The monoisotopic (exact) mass is 773 g/mol. The van der Waals surface area contributed by atoms with Crippen molar-refractivity contribution in [2.24, 2.45) is 0 Å². The molecule has 4 aliphatic heterocycles. The molecule has 5 aliphatic rings. The number of benzene rings is 1. The van der Waals surface area contributed by atoms with Crippen molar-refractivity contribution in [3.05, 3.63) is 71.2 Å². The van der Waals surface area contributed by atoms with Crippen LogP contribution in [0.25, 0.3) is 11.0 Å². The van der Waals surface area contributed by atoms with Crippen LogP contribution in [0.15, 0.2) is 48.8 Å². The number of anilines is 3. The van der Waals surface area contributed by atoms with Crippen LogP contribution in [0.2, 0.25) is 0 Å². The molecule has 0 spiro atoms. The number of pyridine rings is 1. The molecule has 2 N–H and O–H groups in total. The van der Waals surface area contributed by atoms with Crippen LogP contribution in [0, 0.1) is 0 Å². The van der Waals surface area contributed by atoms with E-state index < -0.39 is 6.04 Å². The van der Waals surface area contributed by atoms with Gasteiger partial charge in [0.2, 0.25) is 17.8 Å². The maximum atomic E-state index is 13.1. The van der Waals surface area contributed by atoms with Gasteiger partial charge in [-0.05, 0) is 80.6 Å². The number of piperidine rings is 2. The van der Waals surface area contributed by atoms with E-state index >= 15 is 0 Å². The molecule has 57 heavy (non-hydrogen) atoms. The topological polar surface area (TPSA) is 152 Å². The van der Waals surface area contributed by atoms with Gasteiger partial charge in [-0.15, -0.1) is 0 Å². The lowest BCUT2D eigenvalue weighted by Crippen LogP contribution is -2.53. The van der Waals surface area contributed by atoms with E-state index in [1.54, 1.807) is 30.1 Å². The summed E-state index contributed by atoms with van der Waals surface area (Å²) in [4.78, 5) is 75.2. The van der Waals surface area contributed by atoms with Crippen LogP contribution < -0.4 is 15.5 Å². The number of nitrogens with one attached hydrogen (secondary N) is 2. The fourth-order valence-electron chi connectivity index (χ4n) is 9.53. The Hall–Kier alpha value is -5.41. The first kappa shape index (κ1) is 37.2. The van der Waals surface area contributed by atoms with Gasteiger partial charge in [-0.2, -0.15) is 4.98 Å². The van der Waals surface area contributed by atoms with Crippen LogP contribution >= 0.6 is 0 Å². The van der Waals surface area contributed by atoms with Crippen molar-refractivity contribution in [2.75, 3.05) is 63.6 Å².